The first-order chi connectivity index (χ1) is 16.7. The van der Waals surface area contributed by atoms with Gasteiger partial charge in [-0.15, -0.1) is 0 Å². The van der Waals surface area contributed by atoms with Gasteiger partial charge in [0.25, 0.3) is 5.91 Å². The smallest absolute Gasteiger partial charge is 0.255 e. The monoisotopic (exact) mass is 451 g/mol. The average molecular weight is 452 g/mol. The maximum absolute atomic E-state index is 13.0. The summed E-state index contributed by atoms with van der Waals surface area (Å²) in [7, 11) is 0. The lowest BCUT2D eigenvalue weighted by molar-refractivity contribution is 0.0989. The van der Waals surface area contributed by atoms with Crippen LogP contribution in [0.15, 0.2) is 82.8 Å². The molecule has 5 rings (SSSR count). The molecule has 1 amide bonds. The molecule has 0 radical (unpaired) electrons. The van der Waals surface area contributed by atoms with Crippen LogP contribution in [-0.2, 0) is 6.42 Å². The number of benzene rings is 3. The molecule has 0 unspecified atom stereocenters. The minimum absolute atomic E-state index is 0.00586. The standard InChI is InChI=1S/C27H25N5O2/c33-24(17-20-5-1-2-6-21(20)25-28-13-14-29-25)18-9-11-19(12-10-18)27(34)32-23-8-4-3-7-22(23)26-30-15-16-31-26/h1-12H,13-17H2,(H,28,29)(H,30,31)(H,32,34). The van der Waals surface area contributed by atoms with Crippen molar-refractivity contribution in [3.63, 3.8) is 0 Å². The molecule has 34 heavy (non-hydrogen) atoms. The average Bonchev–Trinajstić information content (AvgIpc) is 3.60. The molecule has 3 aromatic rings. The first-order valence-electron chi connectivity index (χ1n) is 11.4. The van der Waals surface area contributed by atoms with E-state index in [1.807, 2.05) is 48.5 Å². The molecule has 0 saturated heterocycles. The van der Waals surface area contributed by atoms with Crippen molar-refractivity contribution in [1.82, 2.24) is 10.6 Å². The van der Waals surface area contributed by atoms with Gasteiger partial charge in [-0.2, -0.15) is 0 Å². The number of hydrogen-bond acceptors (Lipinski definition) is 6. The summed E-state index contributed by atoms with van der Waals surface area (Å²) in [5, 5.41) is 9.47. The topological polar surface area (TPSA) is 95.0 Å². The van der Waals surface area contributed by atoms with Crippen LogP contribution in [0.4, 0.5) is 5.69 Å². The van der Waals surface area contributed by atoms with Gasteiger partial charge >= 0.3 is 0 Å². The Hall–Kier alpha value is -4.26. The highest BCUT2D eigenvalue weighted by molar-refractivity contribution is 6.11. The molecule has 170 valence electrons. The lowest BCUT2D eigenvalue weighted by Crippen LogP contribution is -2.22. The Kier molecular flexibility index (Phi) is 6.16. The van der Waals surface area contributed by atoms with Gasteiger partial charge in [-0.1, -0.05) is 48.5 Å². The molecule has 7 nitrogen and oxygen atoms in total. The molecule has 2 heterocycles. The van der Waals surface area contributed by atoms with Gasteiger partial charge in [0.05, 0.1) is 18.8 Å². The van der Waals surface area contributed by atoms with E-state index in [0.29, 0.717) is 16.8 Å². The van der Waals surface area contributed by atoms with Gasteiger partial charge in [0.15, 0.2) is 5.78 Å². The van der Waals surface area contributed by atoms with Crippen molar-refractivity contribution in [2.24, 2.45) is 9.98 Å². The van der Waals surface area contributed by atoms with Crippen LogP contribution in [0.2, 0.25) is 0 Å². The van der Waals surface area contributed by atoms with Crippen LogP contribution in [0.1, 0.15) is 37.4 Å². The summed E-state index contributed by atoms with van der Waals surface area (Å²) in [5.41, 5.74) is 4.50. The molecule has 0 bridgehead atoms. The number of carbonyl (C=O) groups excluding carboxylic acids is 2. The van der Waals surface area contributed by atoms with Crippen LogP contribution < -0.4 is 16.0 Å². The van der Waals surface area contributed by atoms with E-state index in [1.54, 1.807) is 24.3 Å². The van der Waals surface area contributed by atoms with Gasteiger partial charge in [-0.05, 0) is 29.8 Å². The number of anilines is 1. The van der Waals surface area contributed by atoms with E-state index in [0.717, 1.165) is 54.5 Å². The molecule has 2 aliphatic rings. The summed E-state index contributed by atoms with van der Waals surface area (Å²) in [6.45, 7) is 3.08. The zero-order valence-electron chi connectivity index (χ0n) is 18.7. The quantitative estimate of drug-likeness (QED) is 0.481. The van der Waals surface area contributed by atoms with Gasteiger partial charge in [0.2, 0.25) is 0 Å². The summed E-state index contributed by atoms with van der Waals surface area (Å²) in [6, 6.07) is 22.2. The second-order valence-electron chi connectivity index (χ2n) is 8.15. The SMILES string of the molecule is O=C(Cc1ccccc1C1=NCCN1)c1ccc(C(=O)Nc2ccccc2C2=NCCN2)cc1. The lowest BCUT2D eigenvalue weighted by atomic mass is 9.97. The molecular formula is C27H25N5O2. The van der Waals surface area contributed by atoms with Crippen molar-refractivity contribution in [3.05, 3.63) is 101 Å². The molecule has 0 saturated carbocycles. The number of ketones is 1. The van der Waals surface area contributed by atoms with Crippen LogP contribution in [-0.4, -0.2) is 49.5 Å². The molecule has 0 spiro atoms. The van der Waals surface area contributed by atoms with Crippen LogP contribution in [0, 0.1) is 0 Å². The fourth-order valence-corrected chi connectivity index (χ4v) is 4.14. The van der Waals surface area contributed by atoms with Crippen LogP contribution in [0.25, 0.3) is 0 Å². The highest BCUT2D eigenvalue weighted by atomic mass is 16.1. The van der Waals surface area contributed by atoms with Gasteiger partial charge in [-0.3, -0.25) is 19.6 Å². The van der Waals surface area contributed by atoms with Crippen molar-refractivity contribution in [2.75, 3.05) is 31.5 Å². The minimum Gasteiger partial charge on any atom is -0.368 e. The molecular weight excluding hydrogens is 426 g/mol. The Morgan fingerprint density at radius 1 is 0.735 bits per heavy atom. The lowest BCUT2D eigenvalue weighted by Gasteiger charge is -2.12. The maximum atomic E-state index is 13.0. The van der Waals surface area contributed by atoms with E-state index in [-0.39, 0.29) is 18.1 Å². The molecule has 7 heteroatoms. The van der Waals surface area contributed by atoms with Gasteiger partial charge < -0.3 is 16.0 Å². The second kappa shape index (κ2) is 9.70. The molecule has 3 N–H and O–H groups in total. The zero-order chi connectivity index (χ0) is 23.3. The van der Waals surface area contributed by atoms with E-state index in [4.69, 9.17) is 0 Å². The first kappa shape index (κ1) is 21.6. The summed E-state index contributed by atoms with van der Waals surface area (Å²) in [6.07, 6.45) is 0.269. The van der Waals surface area contributed by atoms with Crippen molar-refractivity contribution in [1.29, 1.82) is 0 Å². The number of nitrogens with one attached hydrogen (secondary N) is 3. The number of aliphatic imine (C=N–C) groups is 2. The van der Waals surface area contributed by atoms with Crippen LogP contribution in [0.5, 0.6) is 0 Å². The third kappa shape index (κ3) is 4.59. The predicted molar refractivity (Wildman–Crippen MR) is 134 cm³/mol. The fraction of sp³-hybridized carbons (Fsp3) is 0.185. The molecule has 2 aliphatic heterocycles. The maximum Gasteiger partial charge on any atom is 0.255 e. The summed E-state index contributed by atoms with van der Waals surface area (Å²) >= 11 is 0. The summed E-state index contributed by atoms with van der Waals surface area (Å²) in [5.74, 6) is 1.39. The number of para-hydroxylation sites is 1. The Morgan fingerprint density at radius 2 is 1.32 bits per heavy atom. The second-order valence-corrected chi connectivity index (χ2v) is 8.15. The van der Waals surface area contributed by atoms with Gasteiger partial charge in [-0.25, -0.2) is 0 Å². The zero-order valence-corrected chi connectivity index (χ0v) is 18.7. The number of nitrogens with zero attached hydrogens (tertiary/aromatic N) is 2. The number of carbonyl (C=O) groups is 2. The highest BCUT2D eigenvalue weighted by Crippen LogP contribution is 2.19. The number of amides is 1. The normalized spacial score (nSPS) is 14.6. The Bertz CT molecular complexity index is 1190. The number of rotatable bonds is 7. The van der Waals surface area contributed by atoms with E-state index in [1.165, 1.54) is 0 Å². The molecule has 3 aromatic carbocycles. The van der Waals surface area contributed by atoms with Gasteiger partial charge in [0, 0.05) is 41.8 Å². The van der Waals surface area contributed by atoms with Gasteiger partial charge in [0.1, 0.15) is 11.7 Å². The molecule has 0 fully saturated rings. The first-order valence-corrected chi connectivity index (χ1v) is 11.4. The number of amidine groups is 2. The van der Waals surface area contributed by atoms with Crippen molar-refractivity contribution >= 4 is 29.0 Å². The highest BCUT2D eigenvalue weighted by Gasteiger charge is 2.17. The van der Waals surface area contributed by atoms with E-state index < -0.39 is 0 Å². The van der Waals surface area contributed by atoms with E-state index in [9.17, 15) is 9.59 Å². The van der Waals surface area contributed by atoms with Crippen LogP contribution in [0.3, 0.4) is 0 Å². The van der Waals surface area contributed by atoms with E-state index in [2.05, 4.69) is 25.9 Å². The third-order valence-electron chi connectivity index (χ3n) is 5.87. The third-order valence-corrected chi connectivity index (χ3v) is 5.87. The molecule has 0 aliphatic carbocycles. The molecule has 0 aromatic heterocycles. The molecule has 0 atom stereocenters. The predicted octanol–water partition coefficient (Wildman–Crippen LogP) is 3.06. The Balaban J connectivity index is 1.28. The van der Waals surface area contributed by atoms with Crippen molar-refractivity contribution in [3.8, 4) is 0 Å². The van der Waals surface area contributed by atoms with Crippen molar-refractivity contribution < 1.29 is 9.59 Å². The largest absolute Gasteiger partial charge is 0.368 e. The Labute approximate surface area is 198 Å². The van der Waals surface area contributed by atoms with Crippen molar-refractivity contribution in [2.45, 2.75) is 6.42 Å². The fourth-order valence-electron chi connectivity index (χ4n) is 4.14. The summed E-state index contributed by atoms with van der Waals surface area (Å²) in [4.78, 5) is 34.8. The Morgan fingerprint density at radius 3 is 2.00 bits per heavy atom. The van der Waals surface area contributed by atoms with E-state index >= 15 is 0 Å². The number of Topliss-reactive ketones (excluding diaryl/α,β-unsaturated/α-hetero) is 1. The van der Waals surface area contributed by atoms with Crippen LogP contribution >= 0.6 is 0 Å². The number of hydrogen-bond donors (Lipinski definition) is 3. The minimum atomic E-state index is -0.235. The summed E-state index contributed by atoms with van der Waals surface area (Å²) < 4.78 is 0.